The van der Waals surface area contributed by atoms with Crippen LogP contribution in [0.4, 0.5) is 0 Å². The molecule has 0 aliphatic carbocycles. The largest absolute Gasteiger partial charge is 0.463 e. The highest BCUT2D eigenvalue weighted by atomic mass is 16.6. The summed E-state index contributed by atoms with van der Waals surface area (Å²) in [6, 6.07) is 3.34. The van der Waals surface area contributed by atoms with Crippen molar-refractivity contribution in [1.29, 1.82) is 0 Å². The Morgan fingerprint density at radius 3 is 2.61 bits per heavy atom. The van der Waals surface area contributed by atoms with E-state index in [2.05, 4.69) is 4.99 Å². The quantitative estimate of drug-likeness (QED) is 0.490. The van der Waals surface area contributed by atoms with Crippen molar-refractivity contribution in [3.05, 3.63) is 24.2 Å². The minimum Gasteiger partial charge on any atom is -0.463 e. The van der Waals surface area contributed by atoms with Gasteiger partial charge in [0, 0.05) is 0 Å². The van der Waals surface area contributed by atoms with Gasteiger partial charge in [-0.25, -0.2) is 0 Å². The molecular formula is C11H15NO6. The number of aliphatic imine (C=N–C) groups is 1. The maximum absolute atomic E-state index is 9.69. The summed E-state index contributed by atoms with van der Waals surface area (Å²) < 4.78 is 10.2. The smallest absolute Gasteiger partial charge is 0.177 e. The van der Waals surface area contributed by atoms with Crippen LogP contribution in [0, 0.1) is 0 Å². The molecule has 0 radical (unpaired) electrons. The number of hydrogen-bond acceptors (Lipinski definition) is 7. The molecule has 0 saturated carbocycles. The molecule has 100 valence electrons. The van der Waals surface area contributed by atoms with E-state index in [0.717, 1.165) is 0 Å². The summed E-state index contributed by atoms with van der Waals surface area (Å²) in [6.45, 7) is -0.474. The van der Waals surface area contributed by atoms with E-state index in [1.54, 1.807) is 12.1 Å². The molecule has 1 aromatic rings. The first-order chi connectivity index (χ1) is 8.63. The molecular weight excluding hydrogens is 242 g/mol. The third-order valence-corrected chi connectivity index (χ3v) is 2.76. The van der Waals surface area contributed by atoms with Crippen LogP contribution in [0.15, 0.2) is 27.8 Å². The Labute approximate surface area is 103 Å². The maximum Gasteiger partial charge on any atom is 0.177 e. The molecule has 0 amide bonds. The molecule has 1 saturated heterocycles. The van der Waals surface area contributed by atoms with Crippen molar-refractivity contribution in [2.24, 2.45) is 4.99 Å². The molecule has 1 fully saturated rings. The van der Waals surface area contributed by atoms with Gasteiger partial charge in [0.1, 0.15) is 30.2 Å². The van der Waals surface area contributed by atoms with Gasteiger partial charge >= 0.3 is 0 Å². The number of aliphatic hydroxyl groups is 4. The normalized spacial score (nSPS) is 37.2. The van der Waals surface area contributed by atoms with Gasteiger partial charge in [-0.05, 0) is 12.1 Å². The predicted octanol–water partition coefficient (Wildman–Crippen LogP) is -1.50. The standard InChI is InChI=1S/C11H15NO6/c13-5-7-8(14)9(15)10(16)11(18-7)12-4-6-2-1-3-17-6/h1-4,7-11,13-16H,5H2/t7-,8+,9+,10-,11?/m1/s1. The lowest BCUT2D eigenvalue weighted by Gasteiger charge is -2.38. The molecule has 7 heteroatoms. The number of furan rings is 1. The van der Waals surface area contributed by atoms with Crippen molar-refractivity contribution in [3.8, 4) is 0 Å². The molecule has 1 aromatic heterocycles. The van der Waals surface area contributed by atoms with Gasteiger partial charge in [-0.2, -0.15) is 0 Å². The van der Waals surface area contributed by atoms with E-state index in [-0.39, 0.29) is 0 Å². The average Bonchev–Trinajstić information content (AvgIpc) is 2.88. The fraction of sp³-hybridized carbons (Fsp3) is 0.545. The van der Waals surface area contributed by atoms with Crippen LogP contribution in [0.5, 0.6) is 0 Å². The van der Waals surface area contributed by atoms with Gasteiger partial charge in [-0.15, -0.1) is 0 Å². The summed E-state index contributed by atoms with van der Waals surface area (Å²) in [6.07, 6.45) is -3.38. The molecule has 0 bridgehead atoms. The fourth-order valence-corrected chi connectivity index (χ4v) is 1.72. The second-order valence-electron chi connectivity index (χ2n) is 4.01. The Kier molecular flexibility index (Phi) is 4.10. The van der Waals surface area contributed by atoms with Crippen LogP contribution in [0.2, 0.25) is 0 Å². The van der Waals surface area contributed by atoms with Crippen molar-refractivity contribution >= 4 is 6.21 Å². The van der Waals surface area contributed by atoms with Gasteiger partial charge in [0.25, 0.3) is 0 Å². The second kappa shape index (κ2) is 5.59. The zero-order valence-electron chi connectivity index (χ0n) is 9.46. The lowest BCUT2D eigenvalue weighted by atomic mass is 9.99. The Balaban J connectivity index is 2.07. The molecule has 5 atom stereocenters. The van der Waals surface area contributed by atoms with Crippen LogP contribution in [0.25, 0.3) is 0 Å². The third-order valence-electron chi connectivity index (χ3n) is 2.76. The van der Waals surface area contributed by atoms with E-state index in [9.17, 15) is 15.3 Å². The molecule has 1 aliphatic heterocycles. The molecule has 1 unspecified atom stereocenters. The van der Waals surface area contributed by atoms with Gasteiger partial charge in [0.15, 0.2) is 6.23 Å². The SMILES string of the molecule is OC[C@H]1OC(N=Cc2ccco2)[C@H](O)[C@@H](O)[C@H]1O. The topological polar surface area (TPSA) is 116 Å². The summed E-state index contributed by atoms with van der Waals surface area (Å²) in [7, 11) is 0. The lowest BCUT2D eigenvalue weighted by molar-refractivity contribution is -0.226. The van der Waals surface area contributed by atoms with Crippen LogP contribution >= 0.6 is 0 Å². The summed E-state index contributed by atoms with van der Waals surface area (Å²) in [5.41, 5.74) is 0. The monoisotopic (exact) mass is 257 g/mol. The Hall–Kier alpha value is -1.25. The van der Waals surface area contributed by atoms with E-state index in [0.29, 0.717) is 5.76 Å². The molecule has 4 N–H and O–H groups in total. The molecule has 18 heavy (non-hydrogen) atoms. The zero-order chi connectivity index (χ0) is 13.1. The molecule has 1 aliphatic rings. The number of nitrogens with zero attached hydrogens (tertiary/aromatic N) is 1. The van der Waals surface area contributed by atoms with Crippen LogP contribution < -0.4 is 0 Å². The van der Waals surface area contributed by atoms with Gasteiger partial charge in [-0.1, -0.05) is 0 Å². The lowest BCUT2D eigenvalue weighted by Crippen LogP contribution is -2.57. The summed E-state index contributed by atoms with van der Waals surface area (Å²) in [5.74, 6) is 0.465. The van der Waals surface area contributed by atoms with Crippen molar-refractivity contribution in [2.45, 2.75) is 30.6 Å². The molecule has 7 nitrogen and oxygen atoms in total. The van der Waals surface area contributed by atoms with Gasteiger partial charge in [0.2, 0.25) is 0 Å². The molecule has 0 aromatic carbocycles. The highest BCUT2D eigenvalue weighted by Crippen LogP contribution is 2.21. The van der Waals surface area contributed by atoms with Gasteiger partial charge < -0.3 is 29.6 Å². The van der Waals surface area contributed by atoms with E-state index in [1.807, 2.05) is 0 Å². The third kappa shape index (κ3) is 2.60. The van der Waals surface area contributed by atoms with Crippen molar-refractivity contribution in [3.63, 3.8) is 0 Å². The number of aliphatic hydroxyl groups excluding tert-OH is 4. The number of rotatable bonds is 3. The predicted molar refractivity (Wildman–Crippen MR) is 60.1 cm³/mol. The summed E-state index contributed by atoms with van der Waals surface area (Å²) in [4.78, 5) is 3.92. The number of hydrogen-bond donors (Lipinski definition) is 4. The minimum absolute atomic E-state index is 0.465. The van der Waals surface area contributed by atoms with Crippen molar-refractivity contribution in [1.82, 2.24) is 0 Å². The van der Waals surface area contributed by atoms with Gasteiger partial charge in [-0.3, -0.25) is 4.99 Å². The molecule has 2 rings (SSSR count). The Morgan fingerprint density at radius 2 is 2.00 bits per heavy atom. The van der Waals surface area contributed by atoms with Gasteiger partial charge in [0.05, 0.1) is 19.1 Å². The molecule has 0 spiro atoms. The van der Waals surface area contributed by atoms with E-state index in [4.69, 9.17) is 14.3 Å². The second-order valence-corrected chi connectivity index (χ2v) is 4.01. The average molecular weight is 257 g/mol. The van der Waals surface area contributed by atoms with E-state index in [1.165, 1.54) is 12.5 Å². The Morgan fingerprint density at radius 1 is 1.22 bits per heavy atom. The first-order valence-corrected chi connectivity index (χ1v) is 5.50. The first-order valence-electron chi connectivity index (χ1n) is 5.50. The van der Waals surface area contributed by atoms with Crippen LogP contribution in [0.1, 0.15) is 5.76 Å². The maximum atomic E-state index is 9.69. The highest BCUT2D eigenvalue weighted by molar-refractivity contribution is 5.75. The highest BCUT2D eigenvalue weighted by Gasteiger charge is 2.43. The minimum atomic E-state index is -1.42. The molecule has 2 heterocycles. The fourth-order valence-electron chi connectivity index (χ4n) is 1.72. The van der Waals surface area contributed by atoms with E-state index < -0.39 is 37.3 Å². The number of ether oxygens (including phenoxy) is 1. The first kappa shape index (κ1) is 13.2. The van der Waals surface area contributed by atoms with Crippen molar-refractivity contribution < 1.29 is 29.6 Å². The summed E-state index contributed by atoms with van der Waals surface area (Å²) in [5, 5.41) is 37.8. The summed E-state index contributed by atoms with van der Waals surface area (Å²) >= 11 is 0. The van der Waals surface area contributed by atoms with Crippen LogP contribution in [0.3, 0.4) is 0 Å². The zero-order valence-corrected chi connectivity index (χ0v) is 9.46. The van der Waals surface area contributed by atoms with Crippen molar-refractivity contribution in [2.75, 3.05) is 6.61 Å². The van der Waals surface area contributed by atoms with Crippen LogP contribution in [-0.4, -0.2) is 63.9 Å². The van der Waals surface area contributed by atoms with E-state index >= 15 is 0 Å². The Bertz CT molecular complexity index is 390. The van der Waals surface area contributed by atoms with Crippen LogP contribution in [-0.2, 0) is 4.74 Å².